The molecule has 7 heavy (non-hydrogen) atoms. The molecule has 7 heteroatoms. The van der Waals surface area contributed by atoms with Gasteiger partial charge in [0, 0.05) is 17.1 Å². The van der Waals surface area contributed by atoms with Gasteiger partial charge in [0.25, 0.3) is 0 Å². The average molecular weight is 200 g/mol. The van der Waals surface area contributed by atoms with Crippen LogP contribution in [0.25, 0.3) is 0 Å². The summed E-state index contributed by atoms with van der Waals surface area (Å²) in [6.07, 6.45) is 0. The van der Waals surface area contributed by atoms with Crippen molar-refractivity contribution in [3.63, 3.8) is 0 Å². The Kier molecular flexibility index (Phi) is 12.9. The van der Waals surface area contributed by atoms with E-state index in [4.69, 9.17) is 16.0 Å². The Balaban J connectivity index is -0.0000000800. The van der Waals surface area contributed by atoms with E-state index in [0.29, 0.717) is 0 Å². The van der Waals surface area contributed by atoms with Crippen LogP contribution in [-0.4, -0.2) is 37.9 Å². The standard InChI is InChI=1S/2Mn.Na.2H2O.2O.H/h;;;2*1H2;;;/q;+2;;;;;;/p-2. The first-order valence-electron chi connectivity index (χ1n) is 0.647. The summed E-state index contributed by atoms with van der Waals surface area (Å²) in [4.78, 5) is 0. The van der Waals surface area contributed by atoms with Gasteiger partial charge in [-0.3, -0.25) is 0 Å². The monoisotopic (exact) mass is 200 g/mol. The third kappa shape index (κ3) is 96.1. The van der Waals surface area contributed by atoms with Gasteiger partial charge in [-0.15, -0.1) is 0 Å². The maximum absolute atomic E-state index is 8.80. The predicted octanol–water partition coefficient (Wildman–Crippen LogP) is -2.01. The molecule has 0 unspecified atom stereocenters. The molecule has 0 fully saturated rings. The van der Waals surface area contributed by atoms with E-state index < -0.39 is 13.4 Å². The van der Waals surface area contributed by atoms with Crippen LogP contribution in [0.1, 0.15) is 0 Å². The Labute approximate surface area is 75.3 Å². The van der Waals surface area contributed by atoms with E-state index in [1.165, 1.54) is 0 Å². The van der Waals surface area contributed by atoms with Crippen molar-refractivity contribution in [3.05, 3.63) is 0 Å². The molecule has 4 nitrogen and oxygen atoms in total. The molecule has 0 saturated carbocycles. The van der Waals surface area contributed by atoms with Gasteiger partial charge in [0.2, 0.25) is 0 Å². The van der Waals surface area contributed by atoms with Crippen LogP contribution < -0.4 is 0 Å². The molecular weight excluding hydrogens is 197 g/mol. The number of hydrogen-bond donors (Lipinski definition) is 2. The van der Waals surface area contributed by atoms with Crippen LogP contribution in [0.2, 0.25) is 0 Å². The van der Waals surface area contributed by atoms with Gasteiger partial charge in [-0.25, -0.2) is 0 Å². The van der Waals surface area contributed by atoms with Crippen LogP contribution in [0.5, 0.6) is 0 Å². The van der Waals surface area contributed by atoms with Gasteiger partial charge in [0.15, 0.2) is 0 Å². The fourth-order valence-corrected chi connectivity index (χ4v) is 0. The molecule has 0 aromatic rings. The predicted molar refractivity (Wildman–Crippen MR) is 13.0 cm³/mol. The van der Waals surface area contributed by atoms with Gasteiger partial charge in [-0.1, -0.05) is 0 Å². The molecule has 0 aliphatic rings. The summed E-state index contributed by atoms with van der Waals surface area (Å²) < 4.78 is 31.8. The zero-order valence-electron chi connectivity index (χ0n) is 2.47. The molecule has 1 radical (unpaired) electrons. The SMILES string of the molecule is [Mn].[NaH].[O]=[Mn](=[O])([OH])[OH]. The van der Waals surface area contributed by atoms with Crippen LogP contribution in [0.3, 0.4) is 0 Å². The van der Waals surface area contributed by atoms with Gasteiger partial charge in [0.1, 0.15) is 0 Å². The molecule has 2 N–H and O–H groups in total. The second-order valence-electron chi connectivity index (χ2n) is 0.415. The van der Waals surface area contributed by atoms with Crippen molar-refractivity contribution < 1.29 is 46.5 Å². The van der Waals surface area contributed by atoms with Gasteiger partial charge >= 0.3 is 59.0 Å². The third-order valence-corrected chi connectivity index (χ3v) is 0. The first-order chi connectivity index (χ1) is 2.00. The summed E-state index contributed by atoms with van der Waals surface area (Å²) >= 11 is -5.12. The third-order valence-electron chi connectivity index (χ3n) is 0. The summed E-state index contributed by atoms with van der Waals surface area (Å²) in [7, 11) is 0. The van der Waals surface area contributed by atoms with E-state index in [9.17, 15) is 0 Å². The van der Waals surface area contributed by atoms with Crippen molar-refractivity contribution >= 4 is 29.6 Å². The maximum atomic E-state index is 8.80. The summed E-state index contributed by atoms with van der Waals surface area (Å²) in [6.45, 7) is 0. The average Bonchev–Trinajstić information content (AvgIpc) is 0.722. The molecule has 0 spiro atoms. The molecule has 0 amide bonds. The molecule has 0 heterocycles. The van der Waals surface area contributed by atoms with E-state index in [0.717, 1.165) is 0 Å². The Morgan fingerprint density at radius 2 is 1.14 bits per heavy atom. The number of hydrogen-bond acceptors (Lipinski definition) is 2. The van der Waals surface area contributed by atoms with Crippen molar-refractivity contribution in [3.8, 4) is 0 Å². The zero-order chi connectivity index (χ0) is 4.50. The molecule has 42 valence electrons. The second kappa shape index (κ2) is 5.69. The molecule has 0 aliphatic carbocycles. The van der Waals surface area contributed by atoms with E-state index in [1.54, 1.807) is 0 Å². The molecule has 0 aromatic carbocycles. The van der Waals surface area contributed by atoms with Crippen molar-refractivity contribution in [2.45, 2.75) is 0 Å². The van der Waals surface area contributed by atoms with Gasteiger partial charge in [0.05, 0.1) is 0 Å². The molecule has 0 aromatic heterocycles. The van der Waals surface area contributed by atoms with Gasteiger partial charge in [-0.05, 0) is 0 Å². The Morgan fingerprint density at radius 1 is 1.14 bits per heavy atom. The van der Waals surface area contributed by atoms with Crippen molar-refractivity contribution in [2.75, 3.05) is 0 Å². The molecular formula is H3Mn2NaO4. The van der Waals surface area contributed by atoms with Crippen molar-refractivity contribution in [1.29, 1.82) is 0 Å². The minimum absolute atomic E-state index is 0. The van der Waals surface area contributed by atoms with Crippen LogP contribution in [-0.2, 0) is 38.1 Å². The van der Waals surface area contributed by atoms with Crippen LogP contribution in [0.4, 0.5) is 0 Å². The molecule has 0 aliphatic heterocycles. The normalized spacial score (nSPS) is 8.29. The van der Waals surface area contributed by atoms with Gasteiger partial charge in [-0.2, -0.15) is 0 Å². The molecule has 0 saturated heterocycles. The summed E-state index contributed by atoms with van der Waals surface area (Å²) in [5.74, 6) is 0. The summed E-state index contributed by atoms with van der Waals surface area (Å²) in [5, 5.41) is 0. The Morgan fingerprint density at radius 3 is 1.14 bits per heavy atom. The van der Waals surface area contributed by atoms with Crippen molar-refractivity contribution in [1.82, 2.24) is 0 Å². The second-order valence-corrected chi connectivity index (χ2v) is 1.71. The molecule has 0 rings (SSSR count). The van der Waals surface area contributed by atoms with Gasteiger partial charge < -0.3 is 0 Å². The van der Waals surface area contributed by atoms with Crippen molar-refractivity contribution in [2.24, 2.45) is 0 Å². The first-order valence-corrected chi connectivity index (χ1v) is 2.67. The molecule has 0 atom stereocenters. The van der Waals surface area contributed by atoms with Crippen LogP contribution >= 0.6 is 0 Å². The minimum atomic E-state index is -5.12. The topological polar surface area (TPSA) is 74.6 Å². The van der Waals surface area contributed by atoms with E-state index in [2.05, 4.69) is 0 Å². The fraction of sp³-hybridized carbons (Fsp3) is 0. The first kappa shape index (κ1) is 15.8. The van der Waals surface area contributed by atoms with E-state index >= 15 is 0 Å². The Hall–Kier alpha value is 1.56. The summed E-state index contributed by atoms with van der Waals surface area (Å²) in [5.41, 5.74) is 0. The quantitative estimate of drug-likeness (QED) is 0.443. The van der Waals surface area contributed by atoms with Crippen LogP contribution in [0.15, 0.2) is 0 Å². The number of rotatable bonds is 0. The Bertz CT molecular complexity index is 92.9. The zero-order valence-corrected chi connectivity index (χ0v) is 4.83. The van der Waals surface area contributed by atoms with E-state index in [-0.39, 0.29) is 46.6 Å². The summed E-state index contributed by atoms with van der Waals surface area (Å²) in [6, 6.07) is 0. The van der Waals surface area contributed by atoms with E-state index in [1.807, 2.05) is 0 Å². The molecule has 0 bridgehead atoms. The van der Waals surface area contributed by atoms with Crippen LogP contribution in [0, 0.1) is 0 Å². The fourth-order valence-electron chi connectivity index (χ4n) is 0.